The van der Waals surface area contributed by atoms with Gasteiger partial charge < -0.3 is 4.90 Å². The van der Waals surface area contributed by atoms with Crippen molar-refractivity contribution in [3.8, 4) is 0 Å². The number of benzene rings is 1. The first-order valence-electron chi connectivity index (χ1n) is 5.79. The second-order valence-corrected chi connectivity index (χ2v) is 5.03. The fourth-order valence-electron chi connectivity index (χ4n) is 2.00. The van der Waals surface area contributed by atoms with Crippen molar-refractivity contribution in [3.63, 3.8) is 0 Å². The van der Waals surface area contributed by atoms with Crippen molar-refractivity contribution >= 4 is 17.5 Å². The Morgan fingerprint density at radius 2 is 1.30 bits per heavy atom. The highest BCUT2D eigenvalue weighted by Gasteiger charge is 2.33. The quantitative estimate of drug-likeness (QED) is 0.337. The fourth-order valence-corrected chi connectivity index (χ4v) is 2.20. The van der Waals surface area contributed by atoms with Crippen LogP contribution in [0.5, 0.6) is 0 Å². The van der Waals surface area contributed by atoms with Crippen molar-refractivity contribution in [2.45, 2.75) is 18.2 Å². The van der Waals surface area contributed by atoms with Gasteiger partial charge in [0.2, 0.25) is 5.82 Å². The molecule has 0 aromatic heterocycles. The van der Waals surface area contributed by atoms with E-state index in [0.29, 0.717) is 12.8 Å². The van der Waals surface area contributed by atoms with Gasteiger partial charge in [0.1, 0.15) is 5.56 Å². The summed E-state index contributed by atoms with van der Waals surface area (Å²) >= 11 is 5.81. The molecule has 0 radical (unpaired) electrons. The molecule has 1 amide bonds. The third kappa shape index (κ3) is 2.46. The van der Waals surface area contributed by atoms with Crippen LogP contribution in [0.15, 0.2) is 0 Å². The fraction of sp³-hybridized carbons (Fsp3) is 0.417. The van der Waals surface area contributed by atoms with E-state index in [4.69, 9.17) is 11.6 Å². The number of nitrogens with zero attached hydrogens (tertiary/aromatic N) is 1. The lowest BCUT2D eigenvalue weighted by Gasteiger charge is -2.29. The zero-order valence-electron chi connectivity index (χ0n) is 10.0. The molecule has 0 N–H and O–H groups in total. The lowest BCUT2D eigenvalue weighted by Crippen LogP contribution is -2.40. The number of piperidine rings is 1. The number of hydrogen-bond donors (Lipinski definition) is 0. The molecular weight excluding hydrogens is 305 g/mol. The topological polar surface area (TPSA) is 20.3 Å². The highest BCUT2D eigenvalue weighted by atomic mass is 35.5. The molecular formula is C12H9ClF5NO. The molecule has 1 aromatic rings. The van der Waals surface area contributed by atoms with Gasteiger partial charge in [0.05, 0.1) is 0 Å². The molecule has 0 spiro atoms. The summed E-state index contributed by atoms with van der Waals surface area (Å²) in [7, 11) is 0. The third-order valence-electron chi connectivity index (χ3n) is 3.14. The van der Waals surface area contributed by atoms with Crippen molar-refractivity contribution in [2.75, 3.05) is 13.1 Å². The molecule has 1 saturated heterocycles. The molecule has 0 aliphatic carbocycles. The van der Waals surface area contributed by atoms with Gasteiger partial charge in [0.25, 0.3) is 5.91 Å². The van der Waals surface area contributed by atoms with Gasteiger partial charge in [-0.25, -0.2) is 22.0 Å². The second-order valence-electron chi connectivity index (χ2n) is 4.41. The van der Waals surface area contributed by atoms with Gasteiger partial charge in [-0.3, -0.25) is 4.79 Å². The van der Waals surface area contributed by atoms with Crippen LogP contribution >= 0.6 is 11.6 Å². The first-order chi connectivity index (χ1) is 9.34. The number of likely N-dealkylation sites (tertiary alicyclic amines) is 1. The largest absolute Gasteiger partial charge is 0.338 e. The molecule has 8 heteroatoms. The average molecular weight is 314 g/mol. The van der Waals surface area contributed by atoms with Crippen LogP contribution in [-0.4, -0.2) is 29.3 Å². The molecule has 0 saturated carbocycles. The van der Waals surface area contributed by atoms with E-state index in [0.717, 1.165) is 4.90 Å². The number of alkyl halides is 1. The van der Waals surface area contributed by atoms with Crippen molar-refractivity contribution in [1.82, 2.24) is 4.90 Å². The van der Waals surface area contributed by atoms with Crippen LogP contribution in [0.4, 0.5) is 22.0 Å². The zero-order chi connectivity index (χ0) is 15.0. The van der Waals surface area contributed by atoms with Gasteiger partial charge in [-0.15, -0.1) is 11.6 Å². The summed E-state index contributed by atoms with van der Waals surface area (Å²) < 4.78 is 65.9. The van der Waals surface area contributed by atoms with Gasteiger partial charge >= 0.3 is 0 Å². The summed E-state index contributed by atoms with van der Waals surface area (Å²) in [6.45, 7) is 0.207. The van der Waals surface area contributed by atoms with Crippen molar-refractivity contribution < 1.29 is 26.7 Å². The molecule has 1 heterocycles. The minimum Gasteiger partial charge on any atom is -0.338 e. The summed E-state index contributed by atoms with van der Waals surface area (Å²) in [6, 6.07) is 0. The number of halogens is 6. The van der Waals surface area contributed by atoms with E-state index in [1.807, 2.05) is 0 Å². The van der Waals surface area contributed by atoms with Crippen LogP contribution in [0.1, 0.15) is 23.2 Å². The van der Waals surface area contributed by atoms with E-state index < -0.39 is 40.6 Å². The Morgan fingerprint density at radius 1 is 0.900 bits per heavy atom. The number of carbonyl (C=O) groups is 1. The Kier molecular flexibility index (Phi) is 4.17. The molecule has 110 valence electrons. The van der Waals surface area contributed by atoms with Gasteiger partial charge in [0.15, 0.2) is 23.3 Å². The smallest absolute Gasteiger partial charge is 0.260 e. The Morgan fingerprint density at radius 3 is 1.75 bits per heavy atom. The summed E-state index contributed by atoms with van der Waals surface area (Å²) in [6.07, 6.45) is 0.783. The molecule has 0 atom stereocenters. The molecule has 2 rings (SSSR count). The highest BCUT2D eigenvalue weighted by molar-refractivity contribution is 6.20. The van der Waals surface area contributed by atoms with Gasteiger partial charge in [0, 0.05) is 18.5 Å². The van der Waals surface area contributed by atoms with E-state index in [9.17, 15) is 26.7 Å². The van der Waals surface area contributed by atoms with E-state index >= 15 is 0 Å². The maximum atomic E-state index is 13.5. The highest BCUT2D eigenvalue weighted by Crippen LogP contribution is 2.25. The molecule has 0 bridgehead atoms. The Hall–Kier alpha value is -1.37. The Bertz CT molecular complexity index is 528. The summed E-state index contributed by atoms with van der Waals surface area (Å²) in [5.74, 6) is -12.0. The van der Waals surface area contributed by atoms with E-state index in [-0.39, 0.29) is 18.5 Å². The van der Waals surface area contributed by atoms with Crippen LogP contribution in [-0.2, 0) is 0 Å². The van der Waals surface area contributed by atoms with E-state index in [1.54, 1.807) is 0 Å². The van der Waals surface area contributed by atoms with Crippen LogP contribution in [0.25, 0.3) is 0 Å². The molecule has 1 fully saturated rings. The van der Waals surface area contributed by atoms with Gasteiger partial charge in [-0.1, -0.05) is 0 Å². The number of amides is 1. The maximum Gasteiger partial charge on any atom is 0.260 e. The first kappa shape index (κ1) is 15.0. The van der Waals surface area contributed by atoms with Crippen LogP contribution in [0, 0.1) is 29.1 Å². The molecule has 0 unspecified atom stereocenters. The van der Waals surface area contributed by atoms with Crippen molar-refractivity contribution in [2.24, 2.45) is 0 Å². The maximum absolute atomic E-state index is 13.5. The normalized spacial score (nSPS) is 16.6. The number of rotatable bonds is 1. The molecule has 1 aliphatic rings. The molecule has 1 aliphatic heterocycles. The predicted octanol–water partition coefficient (Wildman–Crippen LogP) is 3.23. The molecule has 20 heavy (non-hydrogen) atoms. The lowest BCUT2D eigenvalue weighted by molar-refractivity contribution is 0.0713. The van der Waals surface area contributed by atoms with Crippen LogP contribution in [0.2, 0.25) is 0 Å². The lowest BCUT2D eigenvalue weighted by atomic mass is 10.1. The standard InChI is InChI=1S/C12H9ClF5NO/c13-5-1-3-19(4-2-5)12(20)6-7(14)9(16)11(18)10(17)8(6)15/h5H,1-4H2. The Balaban J connectivity index is 2.40. The third-order valence-corrected chi connectivity index (χ3v) is 3.57. The first-order valence-corrected chi connectivity index (χ1v) is 6.23. The SMILES string of the molecule is O=C(c1c(F)c(F)c(F)c(F)c1F)N1CCC(Cl)CC1. The van der Waals surface area contributed by atoms with Crippen LogP contribution in [0.3, 0.4) is 0 Å². The van der Waals surface area contributed by atoms with Gasteiger partial charge in [-0.2, -0.15) is 0 Å². The van der Waals surface area contributed by atoms with Crippen molar-refractivity contribution in [1.29, 1.82) is 0 Å². The molecule has 2 nitrogen and oxygen atoms in total. The molecule has 1 aromatic carbocycles. The summed E-state index contributed by atoms with van der Waals surface area (Å²) in [5, 5.41) is -0.171. The summed E-state index contributed by atoms with van der Waals surface area (Å²) in [5.41, 5.74) is -1.42. The zero-order valence-corrected chi connectivity index (χ0v) is 10.8. The minimum absolute atomic E-state index is 0.104. The minimum atomic E-state index is -2.28. The van der Waals surface area contributed by atoms with E-state index in [2.05, 4.69) is 0 Å². The predicted molar refractivity (Wildman–Crippen MR) is 61.0 cm³/mol. The Labute approximate surface area is 116 Å². The van der Waals surface area contributed by atoms with Crippen LogP contribution < -0.4 is 0 Å². The van der Waals surface area contributed by atoms with Crippen molar-refractivity contribution in [3.05, 3.63) is 34.6 Å². The summed E-state index contributed by atoms with van der Waals surface area (Å²) in [4.78, 5) is 12.9. The van der Waals surface area contributed by atoms with Gasteiger partial charge in [-0.05, 0) is 12.8 Å². The average Bonchev–Trinajstić information content (AvgIpc) is 2.44. The second kappa shape index (κ2) is 5.55. The number of carbonyl (C=O) groups excluding carboxylic acids is 1. The monoisotopic (exact) mass is 313 g/mol. The number of hydrogen-bond acceptors (Lipinski definition) is 1. The van der Waals surface area contributed by atoms with E-state index in [1.165, 1.54) is 0 Å².